The summed E-state index contributed by atoms with van der Waals surface area (Å²) in [5.74, 6) is 1.28. The van der Waals surface area contributed by atoms with Gasteiger partial charge in [-0.25, -0.2) is 0 Å². The summed E-state index contributed by atoms with van der Waals surface area (Å²) in [5, 5.41) is 7.59. The smallest absolute Gasteiger partial charge is 0.150 e. The van der Waals surface area contributed by atoms with Gasteiger partial charge in [0.25, 0.3) is 0 Å². The molecule has 2 atom stereocenters. The number of nitrogens with zero attached hydrogens (tertiary/aromatic N) is 2. The maximum Gasteiger partial charge on any atom is 0.150 e. The lowest BCUT2D eigenvalue weighted by atomic mass is 10.1. The van der Waals surface area contributed by atoms with Gasteiger partial charge in [-0.1, -0.05) is 37.2 Å². The Morgan fingerprint density at radius 2 is 1.88 bits per heavy atom. The third kappa shape index (κ3) is 4.61. The summed E-state index contributed by atoms with van der Waals surface area (Å²) in [5.41, 5.74) is 3.60. The molecule has 0 bridgehead atoms. The monoisotopic (exact) mass is 343 g/mol. The number of hydrogen-bond acceptors (Lipinski definition) is 5. The van der Waals surface area contributed by atoms with Crippen LogP contribution in [0.3, 0.4) is 0 Å². The lowest BCUT2D eigenvalue weighted by Gasteiger charge is -2.37. The van der Waals surface area contributed by atoms with Crippen LogP contribution >= 0.6 is 0 Å². The largest absolute Gasteiger partial charge is 0.372 e. The van der Waals surface area contributed by atoms with E-state index in [4.69, 9.17) is 9.26 Å². The first-order chi connectivity index (χ1) is 12.0. The molecular formula is C20H29N3O2. The summed E-state index contributed by atoms with van der Waals surface area (Å²) < 4.78 is 11.3. The molecule has 5 heteroatoms. The van der Waals surface area contributed by atoms with Gasteiger partial charge >= 0.3 is 0 Å². The highest BCUT2D eigenvalue weighted by Gasteiger charge is 2.23. The SMILES string of the molecule is CC(C)c1cc(CNCc2ccccc2N2C[C@@H](C)O[C@@H](C)C2)on1. The zero-order valence-electron chi connectivity index (χ0n) is 15.7. The van der Waals surface area contributed by atoms with E-state index in [1.165, 1.54) is 11.3 Å². The van der Waals surface area contributed by atoms with E-state index in [0.29, 0.717) is 12.5 Å². The van der Waals surface area contributed by atoms with E-state index in [2.05, 4.69) is 67.3 Å². The van der Waals surface area contributed by atoms with E-state index in [9.17, 15) is 0 Å². The summed E-state index contributed by atoms with van der Waals surface area (Å²) in [6, 6.07) is 10.6. The van der Waals surface area contributed by atoms with Crippen LogP contribution in [0.25, 0.3) is 0 Å². The van der Waals surface area contributed by atoms with Gasteiger partial charge in [-0.05, 0) is 31.4 Å². The fourth-order valence-electron chi connectivity index (χ4n) is 3.35. The molecule has 1 aliphatic heterocycles. The molecule has 0 saturated carbocycles. The Balaban J connectivity index is 1.62. The Morgan fingerprint density at radius 1 is 1.16 bits per heavy atom. The molecule has 25 heavy (non-hydrogen) atoms. The predicted molar refractivity (Wildman–Crippen MR) is 99.8 cm³/mol. The van der Waals surface area contributed by atoms with Crippen molar-refractivity contribution in [1.82, 2.24) is 10.5 Å². The van der Waals surface area contributed by atoms with Crippen LogP contribution in [0, 0.1) is 0 Å². The van der Waals surface area contributed by atoms with Gasteiger partial charge in [0.05, 0.1) is 24.4 Å². The Kier molecular flexibility index (Phi) is 5.76. The fourth-order valence-corrected chi connectivity index (χ4v) is 3.35. The number of aromatic nitrogens is 1. The summed E-state index contributed by atoms with van der Waals surface area (Å²) in [4.78, 5) is 2.43. The molecule has 2 heterocycles. The van der Waals surface area contributed by atoms with Crippen molar-refractivity contribution in [2.24, 2.45) is 0 Å². The van der Waals surface area contributed by atoms with Crippen LogP contribution in [-0.4, -0.2) is 30.5 Å². The molecule has 2 aromatic rings. The minimum Gasteiger partial charge on any atom is -0.372 e. The average molecular weight is 343 g/mol. The number of hydrogen-bond donors (Lipinski definition) is 1. The summed E-state index contributed by atoms with van der Waals surface area (Å²) in [7, 11) is 0. The van der Waals surface area contributed by atoms with Crippen LogP contribution in [-0.2, 0) is 17.8 Å². The van der Waals surface area contributed by atoms with E-state index >= 15 is 0 Å². The molecule has 136 valence electrons. The molecule has 0 radical (unpaired) electrons. The number of ether oxygens (including phenoxy) is 1. The second-order valence-corrected chi connectivity index (χ2v) is 7.27. The van der Waals surface area contributed by atoms with Crippen LogP contribution in [0.15, 0.2) is 34.9 Å². The van der Waals surface area contributed by atoms with Crippen LogP contribution in [0.1, 0.15) is 50.6 Å². The number of anilines is 1. The summed E-state index contributed by atoms with van der Waals surface area (Å²) >= 11 is 0. The molecule has 0 aliphatic carbocycles. The lowest BCUT2D eigenvalue weighted by Crippen LogP contribution is -2.46. The number of nitrogens with one attached hydrogen (secondary N) is 1. The van der Waals surface area contributed by atoms with Crippen molar-refractivity contribution < 1.29 is 9.26 Å². The van der Waals surface area contributed by atoms with Gasteiger partial charge in [-0.15, -0.1) is 0 Å². The highest BCUT2D eigenvalue weighted by Crippen LogP contribution is 2.24. The van der Waals surface area contributed by atoms with Gasteiger partial charge in [0.15, 0.2) is 5.76 Å². The quantitative estimate of drug-likeness (QED) is 0.867. The second-order valence-electron chi connectivity index (χ2n) is 7.27. The van der Waals surface area contributed by atoms with Crippen LogP contribution < -0.4 is 10.2 Å². The normalized spacial score (nSPS) is 21.1. The first kappa shape index (κ1) is 18.0. The van der Waals surface area contributed by atoms with Crippen LogP contribution in [0.5, 0.6) is 0 Å². The molecule has 1 N–H and O–H groups in total. The molecule has 5 nitrogen and oxygen atoms in total. The lowest BCUT2D eigenvalue weighted by molar-refractivity contribution is -0.00526. The van der Waals surface area contributed by atoms with Crippen molar-refractivity contribution in [1.29, 1.82) is 0 Å². The van der Waals surface area contributed by atoms with Crippen molar-refractivity contribution in [3.05, 3.63) is 47.3 Å². The maximum atomic E-state index is 5.86. The van der Waals surface area contributed by atoms with Gasteiger partial charge in [0.1, 0.15) is 0 Å². The van der Waals surface area contributed by atoms with E-state index < -0.39 is 0 Å². The van der Waals surface area contributed by atoms with Gasteiger partial charge in [0.2, 0.25) is 0 Å². The van der Waals surface area contributed by atoms with E-state index in [1.54, 1.807) is 0 Å². The van der Waals surface area contributed by atoms with E-state index in [-0.39, 0.29) is 12.2 Å². The van der Waals surface area contributed by atoms with Crippen molar-refractivity contribution in [3.63, 3.8) is 0 Å². The predicted octanol–water partition coefficient (Wildman–Crippen LogP) is 3.70. The van der Waals surface area contributed by atoms with Crippen LogP contribution in [0.4, 0.5) is 5.69 Å². The first-order valence-corrected chi connectivity index (χ1v) is 9.17. The number of rotatable bonds is 6. The number of para-hydroxylation sites is 1. The van der Waals surface area contributed by atoms with Crippen molar-refractivity contribution in [2.75, 3.05) is 18.0 Å². The molecule has 1 aliphatic rings. The summed E-state index contributed by atoms with van der Waals surface area (Å²) in [6.45, 7) is 11.9. The number of benzene rings is 1. The van der Waals surface area contributed by atoms with Gasteiger partial charge in [-0.2, -0.15) is 0 Å². The van der Waals surface area contributed by atoms with Gasteiger partial charge in [0, 0.05) is 31.4 Å². The molecule has 0 amide bonds. The zero-order valence-corrected chi connectivity index (χ0v) is 15.7. The molecular weight excluding hydrogens is 314 g/mol. The molecule has 1 aromatic heterocycles. The van der Waals surface area contributed by atoms with E-state index in [0.717, 1.165) is 31.1 Å². The standard InChI is InChI=1S/C20H29N3O2/c1-14(2)19-9-18(25-22-19)11-21-10-17-7-5-6-8-20(17)23-12-15(3)24-16(4)13-23/h5-9,14-16,21H,10-13H2,1-4H3/t15-,16+. The number of morpholine rings is 1. The van der Waals surface area contributed by atoms with Gasteiger partial charge in [-0.3, -0.25) is 0 Å². The van der Waals surface area contributed by atoms with Gasteiger partial charge < -0.3 is 19.5 Å². The topological polar surface area (TPSA) is 50.5 Å². The summed E-state index contributed by atoms with van der Waals surface area (Å²) in [6.07, 6.45) is 0.516. The zero-order chi connectivity index (χ0) is 17.8. The Hall–Kier alpha value is -1.85. The maximum absolute atomic E-state index is 5.86. The van der Waals surface area contributed by atoms with Crippen molar-refractivity contribution in [2.45, 2.75) is 58.9 Å². The molecule has 1 aromatic carbocycles. The molecule has 1 saturated heterocycles. The fraction of sp³-hybridized carbons (Fsp3) is 0.550. The van der Waals surface area contributed by atoms with Crippen molar-refractivity contribution in [3.8, 4) is 0 Å². The van der Waals surface area contributed by atoms with Crippen molar-refractivity contribution >= 4 is 5.69 Å². The first-order valence-electron chi connectivity index (χ1n) is 9.17. The third-order valence-corrected chi connectivity index (χ3v) is 4.54. The van der Waals surface area contributed by atoms with Crippen LogP contribution in [0.2, 0.25) is 0 Å². The van der Waals surface area contributed by atoms with E-state index in [1.807, 2.05) is 6.07 Å². The average Bonchev–Trinajstić information content (AvgIpc) is 3.03. The third-order valence-electron chi connectivity index (χ3n) is 4.54. The second kappa shape index (κ2) is 8.02. The molecule has 0 unspecified atom stereocenters. The molecule has 0 spiro atoms. The highest BCUT2D eigenvalue weighted by molar-refractivity contribution is 5.54. The molecule has 3 rings (SSSR count). The minimum atomic E-state index is 0.258. The highest BCUT2D eigenvalue weighted by atomic mass is 16.5. The minimum absolute atomic E-state index is 0.258. The molecule has 1 fully saturated rings. The Labute approximate surface area is 150 Å². The Bertz CT molecular complexity index is 673. The Morgan fingerprint density at radius 3 is 2.56 bits per heavy atom.